The van der Waals surface area contributed by atoms with Gasteiger partial charge in [0.2, 0.25) is 0 Å². The zero-order chi connectivity index (χ0) is 15.2. The van der Waals surface area contributed by atoms with Crippen LogP contribution in [-0.2, 0) is 19.1 Å². The molecule has 0 unspecified atom stereocenters. The fraction of sp³-hybridized carbons (Fsp3) is 0.333. The van der Waals surface area contributed by atoms with Crippen LogP contribution < -0.4 is 0 Å². The molecule has 0 amide bonds. The zero-order valence-corrected chi connectivity index (χ0v) is 11.9. The summed E-state index contributed by atoms with van der Waals surface area (Å²) in [7, 11) is 0. The van der Waals surface area contributed by atoms with Gasteiger partial charge in [0.1, 0.15) is 0 Å². The Labute approximate surface area is 122 Å². The summed E-state index contributed by atoms with van der Waals surface area (Å²) in [5, 5.41) is 8.51. The average molecular weight is 288 g/mol. The average Bonchev–Trinajstić information content (AvgIpc) is 2.48. The Kier molecular flexibility index (Phi) is 4.81. The molecule has 0 radical (unpaired) electrons. The molecule has 0 fully saturated rings. The van der Waals surface area contributed by atoms with Crippen molar-refractivity contribution in [2.45, 2.75) is 19.8 Å². The number of ether oxygens (including phenoxy) is 2. The van der Waals surface area contributed by atoms with Crippen LogP contribution in [0.2, 0.25) is 0 Å². The largest absolute Gasteiger partial charge is 0.465 e. The molecule has 6 nitrogen and oxygen atoms in total. The van der Waals surface area contributed by atoms with Gasteiger partial charge in [-0.1, -0.05) is 18.2 Å². The molecule has 0 atom stereocenters. The van der Waals surface area contributed by atoms with E-state index in [0.717, 1.165) is 0 Å². The number of rotatable bonds is 5. The third kappa shape index (κ3) is 3.16. The second-order valence-corrected chi connectivity index (χ2v) is 4.25. The Morgan fingerprint density at radius 1 is 1.10 bits per heavy atom. The number of fused-ring (bicyclic) bond motifs is 1. The second-order valence-electron chi connectivity index (χ2n) is 4.25. The van der Waals surface area contributed by atoms with Crippen LogP contribution in [0.5, 0.6) is 0 Å². The van der Waals surface area contributed by atoms with Crippen LogP contribution in [-0.4, -0.2) is 35.3 Å². The standard InChI is InChI=1S/C15H16N2O4/c1-3-20-14(18)13(15(19)21-4-2)11-9-16-17-12-8-6-5-7-10(11)12/h5-9,13H,3-4H2,1-2H3. The SMILES string of the molecule is CCOC(=O)C(C(=O)OCC)c1cnnc2ccccc12. The normalized spacial score (nSPS) is 10.6. The van der Waals surface area contributed by atoms with Crippen LogP contribution in [0.15, 0.2) is 30.5 Å². The Balaban J connectivity index is 2.52. The summed E-state index contributed by atoms with van der Waals surface area (Å²) >= 11 is 0. The molecule has 21 heavy (non-hydrogen) atoms. The highest BCUT2D eigenvalue weighted by Gasteiger charge is 2.33. The molecule has 2 rings (SSSR count). The van der Waals surface area contributed by atoms with Crippen molar-refractivity contribution < 1.29 is 19.1 Å². The lowest BCUT2D eigenvalue weighted by Crippen LogP contribution is -2.26. The molecule has 110 valence electrons. The van der Waals surface area contributed by atoms with Crippen LogP contribution in [0.1, 0.15) is 25.3 Å². The second kappa shape index (κ2) is 6.78. The molecule has 0 aliphatic rings. The number of hydrogen-bond donors (Lipinski definition) is 0. The van der Waals surface area contributed by atoms with Crippen LogP contribution in [0.3, 0.4) is 0 Å². The summed E-state index contributed by atoms with van der Waals surface area (Å²) in [4.78, 5) is 24.3. The summed E-state index contributed by atoms with van der Waals surface area (Å²) in [6.07, 6.45) is 1.40. The van der Waals surface area contributed by atoms with Crippen molar-refractivity contribution in [3.8, 4) is 0 Å². The summed E-state index contributed by atoms with van der Waals surface area (Å²) < 4.78 is 9.97. The Morgan fingerprint density at radius 2 is 1.71 bits per heavy atom. The van der Waals surface area contributed by atoms with E-state index in [2.05, 4.69) is 10.2 Å². The number of hydrogen-bond acceptors (Lipinski definition) is 6. The minimum atomic E-state index is -1.15. The number of aromatic nitrogens is 2. The predicted molar refractivity (Wildman–Crippen MR) is 75.5 cm³/mol. The number of carbonyl (C=O) groups excluding carboxylic acids is 2. The van der Waals surface area contributed by atoms with Gasteiger partial charge in [-0.05, 0) is 19.9 Å². The summed E-state index contributed by atoms with van der Waals surface area (Å²) in [5.74, 6) is -2.44. The van der Waals surface area contributed by atoms with E-state index in [4.69, 9.17) is 9.47 Å². The van der Waals surface area contributed by atoms with Crippen molar-refractivity contribution in [2.24, 2.45) is 0 Å². The van der Waals surface area contributed by atoms with Gasteiger partial charge >= 0.3 is 11.9 Å². The van der Waals surface area contributed by atoms with E-state index in [1.807, 2.05) is 6.07 Å². The molecule has 2 aromatic rings. The molecule has 0 saturated heterocycles. The third-order valence-corrected chi connectivity index (χ3v) is 2.93. The van der Waals surface area contributed by atoms with Gasteiger partial charge in [0, 0.05) is 10.9 Å². The maximum Gasteiger partial charge on any atom is 0.324 e. The molecule has 1 heterocycles. The van der Waals surface area contributed by atoms with E-state index in [-0.39, 0.29) is 13.2 Å². The number of esters is 2. The molecular formula is C15H16N2O4. The van der Waals surface area contributed by atoms with Gasteiger partial charge in [-0.25, -0.2) is 0 Å². The van der Waals surface area contributed by atoms with E-state index in [0.29, 0.717) is 16.5 Å². The van der Waals surface area contributed by atoms with E-state index in [1.165, 1.54) is 6.20 Å². The van der Waals surface area contributed by atoms with Crippen molar-refractivity contribution in [3.05, 3.63) is 36.0 Å². The third-order valence-electron chi connectivity index (χ3n) is 2.93. The van der Waals surface area contributed by atoms with Gasteiger partial charge in [0.15, 0.2) is 5.92 Å². The van der Waals surface area contributed by atoms with Gasteiger partial charge in [-0.2, -0.15) is 10.2 Å². The lowest BCUT2D eigenvalue weighted by atomic mass is 9.97. The molecule has 6 heteroatoms. The van der Waals surface area contributed by atoms with Gasteiger partial charge in [-0.3, -0.25) is 9.59 Å². The highest BCUT2D eigenvalue weighted by Crippen LogP contribution is 2.26. The van der Waals surface area contributed by atoms with Gasteiger partial charge < -0.3 is 9.47 Å². The first kappa shape index (κ1) is 14.9. The fourth-order valence-electron chi connectivity index (χ4n) is 2.06. The first-order valence-electron chi connectivity index (χ1n) is 6.72. The quantitative estimate of drug-likeness (QED) is 0.617. The highest BCUT2D eigenvalue weighted by atomic mass is 16.6. The van der Waals surface area contributed by atoms with Crippen molar-refractivity contribution in [3.63, 3.8) is 0 Å². The van der Waals surface area contributed by atoms with E-state index < -0.39 is 17.9 Å². The summed E-state index contributed by atoms with van der Waals surface area (Å²) in [5.41, 5.74) is 1.05. The van der Waals surface area contributed by atoms with Gasteiger partial charge in [-0.15, -0.1) is 0 Å². The van der Waals surface area contributed by atoms with Crippen LogP contribution in [0.25, 0.3) is 10.9 Å². The summed E-state index contributed by atoms with van der Waals surface area (Å²) in [6, 6.07) is 7.16. The predicted octanol–water partition coefficient (Wildman–Crippen LogP) is 1.84. The minimum absolute atomic E-state index is 0.186. The monoisotopic (exact) mass is 288 g/mol. The van der Waals surface area contributed by atoms with Crippen LogP contribution >= 0.6 is 0 Å². The molecule has 0 spiro atoms. The maximum atomic E-state index is 12.1. The topological polar surface area (TPSA) is 78.4 Å². The lowest BCUT2D eigenvalue weighted by Gasteiger charge is -2.15. The van der Waals surface area contributed by atoms with Crippen molar-refractivity contribution in [1.29, 1.82) is 0 Å². The van der Waals surface area contributed by atoms with Crippen molar-refractivity contribution in [2.75, 3.05) is 13.2 Å². The Morgan fingerprint density at radius 3 is 2.33 bits per heavy atom. The van der Waals surface area contributed by atoms with Crippen LogP contribution in [0.4, 0.5) is 0 Å². The molecule has 0 bridgehead atoms. The van der Waals surface area contributed by atoms with E-state index >= 15 is 0 Å². The molecule has 0 saturated carbocycles. The molecule has 1 aromatic heterocycles. The van der Waals surface area contributed by atoms with E-state index in [1.54, 1.807) is 32.0 Å². The first-order chi connectivity index (χ1) is 10.2. The number of carbonyl (C=O) groups is 2. The van der Waals surface area contributed by atoms with Gasteiger partial charge in [0.25, 0.3) is 0 Å². The highest BCUT2D eigenvalue weighted by molar-refractivity contribution is 6.04. The summed E-state index contributed by atoms with van der Waals surface area (Å²) in [6.45, 7) is 3.74. The first-order valence-corrected chi connectivity index (χ1v) is 6.72. The zero-order valence-electron chi connectivity index (χ0n) is 11.9. The minimum Gasteiger partial charge on any atom is -0.465 e. The van der Waals surface area contributed by atoms with Crippen molar-refractivity contribution >= 4 is 22.8 Å². The molecule has 0 aliphatic carbocycles. The molecule has 0 N–H and O–H groups in total. The smallest absolute Gasteiger partial charge is 0.324 e. The molecule has 0 aliphatic heterocycles. The number of benzene rings is 1. The lowest BCUT2D eigenvalue weighted by molar-refractivity contribution is -0.156. The van der Waals surface area contributed by atoms with Crippen LogP contribution in [0, 0.1) is 0 Å². The Hall–Kier alpha value is -2.50. The number of nitrogens with zero attached hydrogens (tertiary/aromatic N) is 2. The Bertz CT molecular complexity index is 634. The van der Waals surface area contributed by atoms with E-state index in [9.17, 15) is 9.59 Å². The maximum absolute atomic E-state index is 12.1. The van der Waals surface area contributed by atoms with Gasteiger partial charge in [0.05, 0.1) is 24.9 Å². The fourth-order valence-corrected chi connectivity index (χ4v) is 2.06. The molecule has 1 aromatic carbocycles. The molecular weight excluding hydrogens is 272 g/mol. The van der Waals surface area contributed by atoms with Crippen molar-refractivity contribution in [1.82, 2.24) is 10.2 Å².